The van der Waals surface area contributed by atoms with Crippen LogP contribution in [-0.2, 0) is 0 Å². The average molecular weight is 212 g/mol. The predicted octanol–water partition coefficient (Wildman–Crippen LogP) is 2.62. The quantitative estimate of drug-likeness (QED) is 0.726. The van der Waals surface area contributed by atoms with Crippen molar-refractivity contribution >= 4 is 0 Å². The molecule has 0 saturated heterocycles. The Morgan fingerprint density at radius 3 is 2.13 bits per heavy atom. The molecular weight excluding hydrogens is 184 g/mol. The molecule has 2 unspecified atom stereocenters. The van der Waals surface area contributed by atoms with Gasteiger partial charge in [0.25, 0.3) is 0 Å². The highest BCUT2D eigenvalue weighted by atomic mass is 15.2. The van der Waals surface area contributed by atoms with Crippen molar-refractivity contribution in [2.75, 3.05) is 13.6 Å². The van der Waals surface area contributed by atoms with E-state index in [0.717, 1.165) is 12.6 Å². The summed E-state index contributed by atoms with van der Waals surface area (Å²) in [5.74, 6) is 0.609. The summed E-state index contributed by atoms with van der Waals surface area (Å²) in [6, 6.07) is 1.43. The Bertz CT molecular complexity index is 162. The lowest BCUT2D eigenvalue weighted by Gasteiger charge is -2.35. The molecule has 2 heteroatoms. The summed E-state index contributed by atoms with van der Waals surface area (Å²) in [4.78, 5) is 2.57. The average Bonchev–Trinajstić information content (AvgIpc) is 2.54. The molecule has 2 nitrogen and oxygen atoms in total. The first-order chi connectivity index (χ1) is 7.16. The minimum Gasteiger partial charge on any atom is -0.330 e. The van der Waals surface area contributed by atoms with Gasteiger partial charge in [-0.3, -0.25) is 0 Å². The van der Waals surface area contributed by atoms with Crippen molar-refractivity contribution in [3.8, 4) is 0 Å². The standard InChI is InChI=1S/C13H28N2/c1-11(10-14)12(2)15(3)13-8-6-4-5-7-9-13/h11-13H,4-10,14H2,1-3H3. The molecule has 1 rings (SSSR count). The molecule has 1 saturated carbocycles. The van der Waals surface area contributed by atoms with Gasteiger partial charge in [0.15, 0.2) is 0 Å². The molecule has 0 aromatic heterocycles. The molecule has 90 valence electrons. The Morgan fingerprint density at radius 2 is 1.67 bits per heavy atom. The van der Waals surface area contributed by atoms with Crippen LogP contribution in [0.2, 0.25) is 0 Å². The van der Waals surface area contributed by atoms with E-state index in [1.807, 2.05) is 0 Å². The molecular formula is C13H28N2. The molecule has 1 aliphatic rings. The molecule has 2 atom stereocenters. The van der Waals surface area contributed by atoms with Gasteiger partial charge in [0.1, 0.15) is 0 Å². The van der Waals surface area contributed by atoms with Crippen LogP contribution in [0, 0.1) is 5.92 Å². The van der Waals surface area contributed by atoms with E-state index in [-0.39, 0.29) is 0 Å². The van der Waals surface area contributed by atoms with Gasteiger partial charge in [-0.25, -0.2) is 0 Å². The third-order valence-corrected chi connectivity index (χ3v) is 4.24. The summed E-state index contributed by atoms with van der Waals surface area (Å²) >= 11 is 0. The minimum atomic E-state index is 0.609. The first-order valence-corrected chi connectivity index (χ1v) is 6.58. The second-order valence-electron chi connectivity index (χ2n) is 5.26. The highest BCUT2D eigenvalue weighted by Crippen LogP contribution is 2.23. The third kappa shape index (κ3) is 3.76. The summed E-state index contributed by atoms with van der Waals surface area (Å²) in [6.07, 6.45) is 8.48. The highest BCUT2D eigenvalue weighted by Gasteiger charge is 2.23. The second kappa shape index (κ2) is 6.49. The fourth-order valence-electron chi connectivity index (χ4n) is 2.60. The van der Waals surface area contributed by atoms with Gasteiger partial charge >= 0.3 is 0 Å². The van der Waals surface area contributed by atoms with Gasteiger partial charge in [0, 0.05) is 12.1 Å². The Labute approximate surface area is 95.2 Å². The van der Waals surface area contributed by atoms with Crippen LogP contribution in [0.1, 0.15) is 52.4 Å². The van der Waals surface area contributed by atoms with Crippen LogP contribution in [0.25, 0.3) is 0 Å². The lowest BCUT2D eigenvalue weighted by Crippen LogP contribution is -2.43. The molecule has 0 aromatic rings. The van der Waals surface area contributed by atoms with E-state index in [4.69, 9.17) is 5.73 Å². The maximum Gasteiger partial charge on any atom is 0.0104 e. The molecule has 0 radical (unpaired) electrons. The fraction of sp³-hybridized carbons (Fsp3) is 1.00. The number of rotatable bonds is 4. The zero-order valence-corrected chi connectivity index (χ0v) is 10.7. The van der Waals surface area contributed by atoms with Crippen molar-refractivity contribution in [3.63, 3.8) is 0 Å². The van der Waals surface area contributed by atoms with Crippen molar-refractivity contribution < 1.29 is 0 Å². The van der Waals surface area contributed by atoms with Crippen LogP contribution >= 0.6 is 0 Å². The molecule has 0 aliphatic heterocycles. The Kier molecular flexibility index (Phi) is 5.62. The molecule has 1 fully saturated rings. The van der Waals surface area contributed by atoms with Gasteiger partial charge in [-0.15, -0.1) is 0 Å². The summed E-state index contributed by atoms with van der Waals surface area (Å²) in [5, 5.41) is 0. The van der Waals surface area contributed by atoms with E-state index in [1.165, 1.54) is 38.5 Å². The van der Waals surface area contributed by atoms with Gasteiger partial charge < -0.3 is 10.6 Å². The van der Waals surface area contributed by atoms with Gasteiger partial charge in [-0.05, 0) is 39.3 Å². The summed E-state index contributed by atoms with van der Waals surface area (Å²) < 4.78 is 0. The van der Waals surface area contributed by atoms with Crippen LogP contribution in [0.5, 0.6) is 0 Å². The van der Waals surface area contributed by atoms with Crippen molar-refractivity contribution in [1.82, 2.24) is 4.90 Å². The third-order valence-electron chi connectivity index (χ3n) is 4.24. The molecule has 1 aliphatic carbocycles. The first-order valence-electron chi connectivity index (χ1n) is 6.58. The van der Waals surface area contributed by atoms with E-state index in [2.05, 4.69) is 25.8 Å². The Hall–Kier alpha value is -0.0800. The van der Waals surface area contributed by atoms with Crippen LogP contribution in [0.15, 0.2) is 0 Å². The topological polar surface area (TPSA) is 29.3 Å². The summed E-state index contributed by atoms with van der Waals surface area (Å²) in [7, 11) is 2.28. The normalized spacial score (nSPS) is 23.8. The number of nitrogens with zero attached hydrogens (tertiary/aromatic N) is 1. The predicted molar refractivity (Wildman–Crippen MR) is 66.9 cm³/mol. The SMILES string of the molecule is CC(CN)C(C)N(C)C1CCCCCC1. The lowest BCUT2D eigenvalue weighted by molar-refractivity contribution is 0.132. The number of hydrogen-bond acceptors (Lipinski definition) is 2. The zero-order chi connectivity index (χ0) is 11.3. The maximum atomic E-state index is 5.74. The Morgan fingerprint density at radius 1 is 1.13 bits per heavy atom. The van der Waals surface area contributed by atoms with Crippen LogP contribution < -0.4 is 5.73 Å². The largest absolute Gasteiger partial charge is 0.330 e. The number of hydrogen-bond donors (Lipinski definition) is 1. The smallest absolute Gasteiger partial charge is 0.0104 e. The van der Waals surface area contributed by atoms with Crippen LogP contribution in [-0.4, -0.2) is 30.6 Å². The molecule has 0 aromatic carbocycles. The van der Waals surface area contributed by atoms with Crippen molar-refractivity contribution in [1.29, 1.82) is 0 Å². The highest BCUT2D eigenvalue weighted by molar-refractivity contribution is 4.79. The molecule has 0 spiro atoms. The maximum absolute atomic E-state index is 5.74. The molecule has 0 amide bonds. The molecule has 0 heterocycles. The van der Waals surface area contributed by atoms with E-state index >= 15 is 0 Å². The minimum absolute atomic E-state index is 0.609. The van der Waals surface area contributed by atoms with Crippen LogP contribution in [0.4, 0.5) is 0 Å². The van der Waals surface area contributed by atoms with E-state index in [9.17, 15) is 0 Å². The monoisotopic (exact) mass is 212 g/mol. The zero-order valence-electron chi connectivity index (χ0n) is 10.7. The summed E-state index contributed by atoms with van der Waals surface area (Å²) in [6.45, 7) is 5.39. The Balaban J connectivity index is 2.45. The van der Waals surface area contributed by atoms with Crippen molar-refractivity contribution in [3.05, 3.63) is 0 Å². The van der Waals surface area contributed by atoms with E-state index < -0.39 is 0 Å². The number of nitrogens with two attached hydrogens (primary N) is 1. The summed E-state index contributed by atoms with van der Waals surface area (Å²) in [5.41, 5.74) is 5.74. The fourth-order valence-corrected chi connectivity index (χ4v) is 2.60. The van der Waals surface area contributed by atoms with Crippen molar-refractivity contribution in [2.24, 2.45) is 11.7 Å². The second-order valence-corrected chi connectivity index (χ2v) is 5.26. The van der Waals surface area contributed by atoms with E-state index in [1.54, 1.807) is 0 Å². The van der Waals surface area contributed by atoms with Gasteiger partial charge in [-0.1, -0.05) is 32.6 Å². The first kappa shape index (κ1) is 13.0. The molecule has 0 bridgehead atoms. The van der Waals surface area contributed by atoms with Crippen LogP contribution in [0.3, 0.4) is 0 Å². The van der Waals surface area contributed by atoms with E-state index in [0.29, 0.717) is 12.0 Å². The molecule has 15 heavy (non-hydrogen) atoms. The van der Waals surface area contributed by atoms with Gasteiger partial charge in [0.2, 0.25) is 0 Å². The van der Waals surface area contributed by atoms with Gasteiger partial charge in [0.05, 0.1) is 0 Å². The lowest BCUT2D eigenvalue weighted by atomic mass is 9.98. The molecule has 2 N–H and O–H groups in total. The van der Waals surface area contributed by atoms with Crippen molar-refractivity contribution in [2.45, 2.75) is 64.5 Å². The van der Waals surface area contributed by atoms with Gasteiger partial charge in [-0.2, -0.15) is 0 Å².